The number of nitrogens with one attached hydrogen (secondary N) is 2. The number of anilines is 1. The number of H-pyrrole nitrogens is 1. The summed E-state index contributed by atoms with van der Waals surface area (Å²) in [5, 5.41) is 13.8. The molecule has 0 spiro atoms. The highest BCUT2D eigenvalue weighted by atomic mass is 32.1. The number of nitrogens with zero attached hydrogens (tertiary/aromatic N) is 1. The number of fused-ring (bicyclic) bond motifs is 2. The third-order valence-corrected chi connectivity index (χ3v) is 5.14. The molecular weight excluding hydrogens is 406 g/mol. The van der Waals surface area contributed by atoms with Crippen molar-refractivity contribution in [3.63, 3.8) is 0 Å². The first-order valence-electron chi connectivity index (χ1n) is 9.34. The smallest absolute Gasteiger partial charge is 0.253 e. The second-order valence-electron chi connectivity index (χ2n) is 6.69. The molecule has 1 aliphatic heterocycles. The van der Waals surface area contributed by atoms with Crippen LogP contribution in [-0.2, 0) is 6.54 Å². The van der Waals surface area contributed by atoms with Crippen molar-refractivity contribution in [1.82, 2.24) is 9.88 Å². The fraction of sp³-hybridized carbons (Fsp3) is 0.238. The van der Waals surface area contributed by atoms with Crippen LogP contribution in [0.25, 0.3) is 10.9 Å². The van der Waals surface area contributed by atoms with E-state index < -0.39 is 0 Å². The summed E-state index contributed by atoms with van der Waals surface area (Å²) < 4.78 is 16.1. The largest absolute Gasteiger partial charge is 0.495 e. The first kappa shape index (κ1) is 20.0. The third-order valence-electron chi connectivity index (χ3n) is 4.78. The minimum absolute atomic E-state index is 0.113. The zero-order valence-corrected chi connectivity index (χ0v) is 17.1. The Morgan fingerprint density at radius 3 is 2.80 bits per heavy atom. The molecule has 1 aliphatic rings. The maximum Gasteiger partial charge on any atom is 0.253 e. The van der Waals surface area contributed by atoms with Gasteiger partial charge in [0.25, 0.3) is 5.56 Å². The molecule has 0 atom stereocenters. The SMILES string of the molecule is COc1ccccc1NC(=S)N(CCO)Cc1cc2cc3c(cc2[nH]c1=O)OCO3. The van der Waals surface area contributed by atoms with Crippen molar-refractivity contribution in [1.29, 1.82) is 0 Å². The Bertz CT molecular complexity index is 1150. The molecule has 0 unspecified atom stereocenters. The lowest BCUT2D eigenvalue weighted by molar-refractivity contribution is 0.174. The monoisotopic (exact) mass is 427 g/mol. The average Bonchev–Trinajstić information content (AvgIpc) is 3.20. The molecule has 3 aromatic rings. The molecule has 2 aromatic carbocycles. The summed E-state index contributed by atoms with van der Waals surface area (Å²) in [6, 6.07) is 12.8. The van der Waals surface area contributed by atoms with Crippen LogP contribution in [-0.4, -0.2) is 47.2 Å². The normalized spacial score (nSPS) is 12.1. The van der Waals surface area contributed by atoms with Crippen LogP contribution in [0.4, 0.5) is 5.69 Å². The van der Waals surface area contributed by atoms with E-state index >= 15 is 0 Å². The van der Waals surface area contributed by atoms with Crippen LogP contribution in [0.1, 0.15) is 5.56 Å². The summed E-state index contributed by atoms with van der Waals surface area (Å²) in [5.41, 5.74) is 1.65. The molecule has 8 nitrogen and oxygen atoms in total. The van der Waals surface area contributed by atoms with Crippen molar-refractivity contribution in [3.05, 3.63) is 58.4 Å². The van der Waals surface area contributed by atoms with Crippen LogP contribution >= 0.6 is 12.2 Å². The van der Waals surface area contributed by atoms with E-state index in [1.54, 1.807) is 24.1 Å². The van der Waals surface area contributed by atoms with E-state index in [0.717, 1.165) is 5.39 Å². The van der Waals surface area contributed by atoms with Crippen LogP contribution in [0.3, 0.4) is 0 Å². The highest BCUT2D eigenvalue weighted by molar-refractivity contribution is 7.80. The predicted octanol–water partition coefficient (Wildman–Crippen LogP) is 2.46. The number of rotatable bonds is 6. The summed E-state index contributed by atoms with van der Waals surface area (Å²) in [7, 11) is 1.58. The predicted molar refractivity (Wildman–Crippen MR) is 117 cm³/mol. The number of aromatic amines is 1. The molecule has 9 heteroatoms. The van der Waals surface area contributed by atoms with Gasteiger partial charge in [-0.1, -0.05) is 12.1 Å². The quantitative estimate of drug-likeness (QED) is 0.517. The number of ether oxygens (including phenoxy) is 3. The zero-order chi connectivity index (χ0) is 21.1. The molecular formula is C21H21N3O5S. The number of aromatic nitrogens is 1. The lowest BCUT2D eigenvalue weighted by Gasteiger charge is -2.25. The Morgan fingerprint density at radius 2 is 2.03 bits per heavy atom. The van der Waals surface area contributed by atoms with E-state index in [9.17, 15) is 9.90 Å². The molecule has 0 fully saturated rings. The number of methoxy groups -OCH3 is 1. The van der Waals surface area contributed by atoms with Gasteiger partial charge in [-0.2, -0.15) is 0 Å². The number of benzene rings is 2. The summed E-state index contributed by atoms with van der Waals surface area (Å²) in [4.78, 5) is 17.3. The molecule has 0 saturated heterocycles. The van der Waals surface area contributed by atoms with Gasteiger partial charge < -0.3 is 34.5 Å². The Hall–Kier alpha value is -3.30. The van der Waals surface area contributed by atoms with Gasteiger partial charge in [0, 0.05) is 23.6 Å². The van der Waals surface area contributed by atoms with Gasteiger partial charge in [-0.25, -0.2) is 0 Å². The molecule has 30 heavy (non-hydrogen) atoms. The average molecular weight is 427 g/mol. The van der Waals surface area contributed by atoms with Gasteiger partial charge in [-0.05, 0) is 36.5 Å². The molecule has 4 rings (SSSR count). The van der Waals surface area contributed by atoms with Crippen LogP contribution < -0.4 is 25.1 Å². The van der Waals surface area contributed by atoms with E-state index in [1.165, 1.54) is 0 Å². The minimum Gasteiger partial charge on any atom is -0.495 e. The van der Waals surface area contributed by atoms with Gasteiger partial charge >= 0.3 is 0 Å². The zero-order valence-electron chi connectivity index (χ0n) is 16.3. The molecule has 2 heterocycles. The Kier molecular flexibility index (Phi) is 5.73. The van der Waals surface area contributed by atoms with Crippen LogP contribution in [0, 0.1) is 0 Å². The standard InChI is InChI=1S/C21H21N3O5S/c1-27-17-5-3-2-4-15(17)23-21(30)24(6-7-25)11-14-8-13-9-18-19(29-12-28-18)10-16(13)22-20(14)26/h2-5,8-10,25H,6-7,11-12H2,1H3,(H,22,26)(H,23,30). The van der Waals surface area contributed by atoms with Gasteiger partial charge in [0.1, 0.15) is 5.75 Å². The van der Waals surface area contributed by atoms with Crippen molar-refractivity contribution in [2.75, 3.05) is 32.4 Å². The van der Waals surface area contributed by atoms with Gasteiger partial charge in [-0.15, -0.1) is 0 Å². The molecule has 0 saturated carbocycles. The van der Waals surface area contributed by atoms with Crippen molar-refractivity contribution < 1.29 is 19.3 Å². The Morgan fingerprint density at radius 1 is 1.27 bits per heavy atom. The van der Waals surface area contributed by atoms with Crippen LogP contribution in [0.5, 0.6) is 17.2 Å². The number of aliphatic hydroxyl groups is 1. The third kappa shape index (κ3) is 4.03. The lowest BCUT2D eigenvalue weighted by Crippen LogP contribution is -2.37. The number of aliphatic hydroxyl groups excluding tert-OH is 1. The second kappa shape index (κ2) is 8.60. The highest BCUT2D eigenvalue weighted by Gasteiger charge is 2.18. The molecule has 0 bridgehead atoms. The highest BCUT2D eigenvalue weighted by Crippen LogP contribution is 2.35. The van der Waals surface area contributed by atoms with Crippen molar-refractivity contribution >= 4 is 33.9 Å². The minimum atomic E-state index is -0.232. The van der Waals surface area contributed by atoms with E-state index in [2.05, 4.69) is 10.3 Å². The Labute approximate surface area is 178 Å². The summed E-state index contributed by atoms with van der Waals surface area (Å²) in [6.07, 6.45) is 0. The number of para-hydroxylation sites is 2. The van der Waals surface area contributed by atoms with Gasteiger partial charge in [0.05, 0.1) is 31.5 Å². The summed E-state index contributed by atoms with van der Waals surface area (Å²) in [6.45, 7) is 0.536. The second-order valence-corrected chi connectivity index (χ2v) is 7.08. The van der Waals surface area contributed by atoms with Gasteiger partial charge in [0.15, 0.2) is 16.6 Å². The number of thiocarbonyl (C=S) groups is 1. The first-order chi connectivity index (χ1) is 14.6. The van der Waals surface area contributed by atoms with E-state index in [1.807, 2.05) is 30.3 Å². The summed E-state index contributed by atoms with van der Waals surface area (Å²) >= 11 is 5.53. The fourth-order valence-corrected chi connectivity index (χ4v) is 3.55. The van der Waals surface area contributed by atoms with E-state index in [-0.39, 0.29) is 32.0 Å². The maximum atomic E-state index is 12.7. The van der Waals surface area contributed by atoms with Crippen LogP contribution in [0.2, 0.25) is 0 Å². The van der Waals surface area contributed by atoms with Crippen molar-refractivity contribution in [3.8, 4) is 17.2 Å². The molecule has 0 amide bonds. The lowest BCUT2D eigenvalue weighted by atomic mass is 10.1. The first-order valence-corrected chi connectivity index (χ1v) is 9.75. The molecule has 156 valence electrons. The number of pyridine rings is 1. The molecule has 1 aromatic heterocycles. The molecule has 0 aliphatic carbocycles. The molecule has 3 N–H and O–H groups in total. The van der Waals surface area contributed by atoms with E-state index in [4.69, 9.17) is 26.4 Å². The molecule has 0 radical (unpaired) electrons. The van der Waals surface area contributed by atoms with Crippen molar-refractivity contribution in [2.45, 2.75) is 6.54 Å². The summed E-state index contributed by atoms with van der Waals surface area (Å²) in [5.74, 6) is 1.89. The fourth-order valence-electron chi connectivity index (χ4n) is 3.28. The van der Waals surface area contributed by atoms with Gasteiger partial charge in [0.2, 0.25) is 6.79 Å². The van der Waals surface area contributed by atoms with E-state index in [0.29, 0.717) is 39.1 Å². The maximum absolute atomic E-state index is 12.7. The van der Waals surface area contributed by atoms with Crippen molar-refractivity contribution in [2.24, 2.45) is 0 Å². The van der Waals surface area contributed by atoms with Gasteiger partial charge in [-0.3, -0.25) is 4.79 Å². The van der Waals surface area contributed by atoms with Crippen LogP contribution in [0.15, 0.2) is 47.3 Å². The Balaban J connectivity index is 1.60. The number of hydrogen-bond acceptors (Lipinski definition) is 6. The topological polar surface area (TPSA) is 96.1 Å². The number of hydrogen-bond donors (Lipinski definition) is 3.